The summed E-state index contributed by atoms with van der Waals surface area (Å²) in [5.74, 6) is 0.631. The van der Waals surface area contributed by atoms with Crippen molar-refractivity contribution in [2.24, 2.45) is 7.05 Å². The molecule has 3 rings (SSSR count). The molecule has 1 unspecified atom stereocenters. The fraction of sp³-hybridized carbons (Fsp3) is 0.533. The van der Waals surface area contributed by atoms with Gasteiger partial charge in [0, 0.05) is 56.8 Å². The zero-order chi connectivity index (χ0) is 16.2. The Kier molecular flexibility index (Phi) is 4.73. The molecule has 3 heterocycles. The number of ether oxygens (including phenoxy) is 2. The predicted molar refractivity (Wildman–Crippen MR) is 83.0 cm³/mol. The fourth-order valence-electron chi connectivity index (χ4n) is 2.78. The van der Waals surface area contributed by atoms with E-state index in [0.717, 1.165) is 31.7 Å². The summed E-state index contributed by atoms with van der Waals surface area (Å²) in [7, 11) is 3.29. The molecular weight excluding hydrogens is 298 g/mol. The average Bonchev–Trinajstić information content (AvgIpc) is 3.18. The molecule has 1 saturated heterocycles. The Hall–Kier alpha value is -2.19. The van der Waals surface area contributed by atoms with Crippen molar-refractivity contribution in [3.05, 3.63) is 29.7 Å². The van der Waals surface area contributed by atoms with Gasteiger partial charge in [-0.1, -0.05) is 0 Å². The SMILES string of the molecule is COC(C(=O)Nc1cc(C2CCOCC2)[nH]n1)c1cnn(C)c1. The number of nitrogens with zero attached hydrogens (tertiary/aromatic N) is 3. The first-order valence-electron chi connectivity index (χ1n) is 7.62. The summed E-state index contributed by atoms with van der Waals surface area (Å²) < 4.78 is 12.3. The van der Waals surface area contributed by atoms with Gasteiger partial charge in [0.25, 0.3) is 5.91 Å². The highest BCUT2D eigenvalue weighted by molar-refractivity contribution is 5.94. The lowest BCUT2D eigenvalue weighted by atomic mass is 9.97. The van der Waals surface area contributed by atoms with Gasteiger partial charge in [0.05, 0.1) is 6.20 Å². The van der Waals surface area contributed by atoms with Crippen molar-refractivity contribution >= 4 is 11.7 Å². The topological polar surface area (TPSA) is 94.1 Å². The molecule has 124 valence electrons. The summed E-state index contributed by atoms with van der Waals surface area (Å²) >= 11 is 0. The average molecular weight is 319 g/mol. The summed E-state index contributed by atoms with van der Waals surface area (Å²) in [6.45, 7) is 1.52. The highest BCUT2D eigenvalue weighted by Gasteiger charge is 2.23. The third kappa shape index (κ3) is 3.59. The largest absolute Gasteiger partial charge is 0.381 e. The summed E-state index contributed by atoms with van der Waals surface area (Å²) in [5.41, 5.74) is 1.73. The van der Waals surface area contributed by atoms with Crippen molar-refractivity contribution in [2.75, 3.05) is 25.6 Å². The van der Waals surface area contributed by atoms with Crippen LogP contribution >= 0.6 is 0 Å². The van der Waals surface area contributed by atoms with Crippen molar-refractivity contribution in [3.8, 4) is 0 Å². The molecule has 1 fully saturated rings. The number of aryl methyl sites for hydroxylation is 1. The molecule has 23 heavy (non-hydrogen) atoms. The summed E-state index contributed by atoms with van der Waals surface area (Å²) in [4.78, 5) is 12.4. The van der Waals surface area contributed by atoms with E-state index < -0.39 is 6.10 Å². The molecule has 0 spiro atoms. The molecule has 1 amide bonds. The molecule has 2 N–H and O–H groups in total. The second-order valence-electron chi connectivity index (χ2n) is 5.65. The van der Waals surface area contributed by atoms with Crippen LogP contribution in [0.1, 0.15) is 36.1 Å². The number of methoxy groups -OCH3 is 1. The quantitative estimate of drug-likeness (QED) is 0.868. The van der Waals surface area contributed by atoms with Crippen molar-refractivity contribution in [1.82, 2.24) is 20.0 Å². The molecule has 2 aromatic heterocycles. The Morgan fingerprint density at radius 1 is 1.52 bits per heavy atom. The lowest BCUT2D eigenvalue weighted by molar-refractivity contribution is -0.126. The standard InChI is InChI=1S/C15H21N5O3/c1-20-9-11(8-16-20)14(22-2)15(21)17-13-7-12(18-19-13)10-3-5-23-6-4-10/h7-10,14H,3-6H2,1-2H3,(H2,17,18,19,21). The first-order chi connectivity index (χ1) is 11.2. The van der Waals surface area contributed by atoms with Gasteiger partial charge in [-0.2, -0.15) is 10.2 Å². The van der Waals surface area contributed by atoms with E-state index in [1.807, 2.05) is 6.07 Å². The lowest BCUT2D eigenvalue weighted by Gasteiger charge is -2.20. The number of amides is 1. The van der Waals surface area contributed by atoms with Gasteiger partial charge in [0.1, 0.15) is 0 Å². The Labute approximate surface area is 134 Å². The molecule has 1 aliphatic rings. The van der Waals surface area contributed by atoms with Crippen LogP contribution in [0.5, 0.6) is 0 Å². The maximum atomic E-state index is 12.4. The van der Waals surface area contributed by atoms with E-state index in [9.17, 15) is 4.79 Å². The number of rotatable bonds is 5. The maximum Gasteiger partial charge on any atom is 0.259 e. The predicted octanol–water partition coefficient (Wildman–Crippen LogP) is 1.36. The number of aromatic nitrogens is 4. The Morgan fingerprint density at radius 3 is 2.96 bits per heavy atom. The monoisotopic (exact) mass is 319 g/mol. The van der Waals surface area contributed by atoms with E-state index in [-0.39, 0.29) is 5.91 Å². The number of aromatic amines is 1. The van der Waals surface area contributed by atoms with Crippen LogP contribution in [0.3, 0.4) is 0 Å². The normalized spacial score (nSPS) is 17.1. The third-order valence-corrected chi connectivity index (χ3v) is 4.01. The van der Waals surface area contributed by atoms with Crippen molar-refractivity contribution in [1.29, 1.82) is 0 Å². The van der Waals surface area contributed by atoms with Gasteiger partial charge in [-0.25, -0.2) is 0 Å². The number of hydrogen-bond acceptors (Lipinski definition) is 5. The van der Waals surface area contributed by atoms with E-state index in [4.69, 9.17) is 9.47 Å². The maximum absolute atomic E-state index is 12.4. The molecule has 1 aliphatic heterocycles. The van der Waals surface area contributed by atoms with Gasteiger partial charge >= 0.3 is 0 Å². The van der Waals surface area contributed by atoms with Gasteiger partial charge in [-0.3, -0.25) is 14.6 Å². The van der Waals surface area contributed by atoms with Gasteiger partial charge in [-0.05, 0) is 12.8 Å². The van der Waals surface area contributed by atoms with Crippen molar-refractivity contribution < 1.29 is 14.3 Å². The molecular formula is C15H21N5O3. The lowest BCUT2D eigenvalue weighted by Crippen LogP contribution is -2.22. The molecule has 0 bridgehead atoms. The number of carbonyl (C=O) groups excluding carboxylic acids is 1. The van der Waals surface area contributed by atoms with E-state index in [1.165, 1.54) is 7.11 Å². The van der Waals surface area contributed by atoms with Gasteiger partial charge in [0.15, 0.2) is 11.9 Å². The second kappa shape index (κ2) is 6.93. The highest BCUT2D eigenvalue weighted by Crippen LogP contribution is 2.27. The van der Waals surface area contributed by atoms with Crippen LogP contribution in [0.4, 0.5) is 5.82 Å². The highest BCUT2D eigenvalue weighted by atomic mass is 16.5. The smallest absolute Gasteiger partial charge is 0.259 e. The number of hydrogen-bond donors (Lipinski definition) is 2. The molecule has 0 aliphatic carbocycles. The minimum absolute atomic E-state index is 0.273. The van der Waals surface area contributed by atoms with Gasteiger partial charge < -0.3 is 14.8 Å². The van der Waals surface area contributed by atoms with Crippen LogP contribution in [0.15, 0.2) is 18.5 Å². The van der Waals surface area contributed by atoms with Crippen LogP contribution in [0.25, 0.3) is 0 Å². The minimum Gasteiger partial charge on any atom is -0.381 e. The first-order valence-corrected chi connectivity index (χ1v) is 7.62. The van der Waals surface area contributed by atoms with E-state index >= 15 is 0 Å². The number of anilines is 1. The summed E-state index contributed by atoms with van der Waals surface area (Å²) in [6, 6.07) is 1.88. The van der Waals surface area contributed by atoms with E-state index in [1.54, 1.807) is 24.1 Å². The molecule has 2 aromatic rings. The summed E-state index contributed by atoms with van der Waals surface area (Å²) in [6.07, 6.45) is 4.59. The Bertz CT molecular complexity index is 660. The van der Waals surface area contributed by atoms with E-state index in [2.05, 4.69) is 20.6 Å². The van der Waals surface area contributed by atoms with Crippen LogP contribution in [0.2, 0.25) is 0 Å². The molecule has 0 aromatic carbocycles. The first kappa shape index (κ1) is 15.7. The van der Waals surface area contributed by atoms with Crippen LogP contribution in [-0.2, 0) is 21.3 Å². The Morgan fingerprint density at radius 2 is 2.30 bits per heavy atom. The number of carbonyl (C=O) groups is 1. The molecule has 8 heteroatoms. The number of H-pyrrole nitrogens is 1. The van der Waals surface area contributed by atoms with Crippen LogP contribution in [0, 0.1) is 0 Å². The molecule has 0 saturated carbocycles. The fourth-order valence-corrected chi connectivity index (χ4v) is 2.78. The molecule has 0 radical (unpaired) electrons. The summed E-state index contributed by atoms with van der Waals surface area (Å²) in [5, 5.41) is 14.0. The van der Waals surface area contributed by atoms with Crippen LogP contribution < -0.4 is 5.32 Å². The Balaban J connectivity index is 1.66. The molecule has 8 nitrogen and oxygen atoms in total. The minimum atomic E-state index is -0.716. The zero-order valence-electron chi connectivity index (χ0n) is 13.3. The van der Waals surface area contributed by atoms with Gasteiger partial charge in [-0.15, -0.1) is 0 Å². The number of nitrogens with one attached hydrogen (secondary N) is 2. The van der Waals surface area contributed by atoms with Crippen LogP contribution in [-0.4, -0.2) is 46.2 Å². The third-order valence-electron chi connectivity index (χ3n) is 4.01. The van der Waals surface area contributed by atoms with Crippen molar-refractivity contribution in [2.45, 2.75) is 24.9 Å². The van der Waals surface area contributed by atoms with Crippen molar-refractivity contribution in [3.63, 3.8) is 0 Å². The zero-order valence-corrected chi connectivity index (χ0v) is 13.3. The molecule has 1 atom stereocenters. The second-order valence-corrected chi connectivity index (χ2v) is 5.65. The van der Waals surface area contributed by atoms with Gasteiger partial charge in [0.2, 0.25) is 0 Å². The van der Waals surface area contributed by atoms with E-state index in [0.29, 0.717) is 17.3 Å².